The van der Waals surface area contributed by atoms with Gasteiger partial charge in [0.1, 0.15) is 5.84 Å². The van der Waals surface area contributed by atoms with Crippen LogP contribution in [0, 0.1) is 12.3 Å². The number of amidine groups is 1. The monoisotopic (exact) mass is 453 g/mol. The predicted octanol–water partition coefficient (Wildman–Crippen LogP) is 0.712. The molecule has 2 aromatic carbocycles. The molecule has 2 unspecified atom stereocenters. The highest BCUT2D eigenvalue weighted by atomic mass is 16.5. The molecule has 2 atom stereocenters. The summed E-state index contributed by atoms with van der Waals surface area (Å²) in [5.41, 5.74) is 7.98. The Morgan fingerprint density at radius 2 is 1.91 bits per heavy atom. The maximum atomic E-state index is 13.1. The van der Waals surface area contributed by atoms with Crippen molar-refractivity contribution < 1.29 is 24.2 Å². The fraction of sp³-hybridized carbons (Fsp3) is 0.304. The van der Waals surface area contributed by atoms with Gasteiger partial charge in [-0.1, -0.05) is 6.07 Å². The molecule has 0 saturated carbocycles. The Bertz CT molecular complexity index is 1080. The number of amides is 3. The summed E-state index contributed by atoms with van der Waals surface area (Å²) in [5, 5.41) is 20.5. The zero-order chi connectivity index (χ0) is 24.3. The molecule has 33 heavy (non-hydrogen) atoms. The molecule has 0 aromatic heterocycles. The van der Waals surface area contributed by atoms with E-state index in [1.165, 1.54) is 21.9 Å². The molecule has 0 aliphatic carbocycles. The van der Waals surface area contributed by atoms with E-state index < -0.39 is 24.0 Å². The van der Waals surface area contributed by atoms with Crippen LogP contribution in [0.2, 0.25) is 0 Å². The van der Waals surface area contributed by atoms with E-state index in [-0.39, 0.29) is 24.9 Å². The van der Waals surface area contributed by atoms with Gasteiger partial charge in [0, 0.05) is 43.1 Å². The van der Waals surface area contributed by atoms with Crippen LogP contribution in [0.5, 0.6) is 0 Å². The largest absolute Gasteiger partial charge is 0.384 e. The zero-order valence-corrected chi connectivity index (χ0v) is 18.7. The van der Waals surface area contributed by atoms with Gasteiger partial charge in [0.25, 0.3) is 17.7 Å². The summed E-state index contributed by atoms with van der Waals surface area (Å²) in [7, 11) is 3.29. The number of carbonyl (C=O) groups is 3. The lowest BCUT2D eigenvalue weighted by Gasteiger charge is -2.34. The Balaban J connectivity index is 1.75. The molecular weight excluding hydrogens is 426 g/mol. The van der Waals surface area contributed by atoms with Gasteiger partial charge < -0.3 is 30.7 Å². The number of nitrogens with zero attached hydrogens (tertiary/aromatic N) is 2. The summed E-state index contributed by atoms with van der Waals surface area (Å²) in [6.45, 7) is 2.13. The van der Waals surface area contributed by atoms with Gasteiger partial charge >= 0.3 is 0 Å². The van der Waals surface area contributed by atoms with Crippen LogP contribution in [0.15, 0.2) is 42.5 Å². The Morgan fingerprint density at radius 1 is 1.24 bits per heavy atom. The van der Waals surface area contributed by atoms with Crippen LogP contribution >= 0.6 is 0 Å². The Hall–Kier alpha value is -3.76. The molecule has 1 heterocycles. The van der Waals surface area contributed by atoms with E-state index >= 15 is 0 Å². The van der Waals surface area contributed by atoms with Crippen molar-refractivity contribution in [3.63, 3.8) is 0 Å². The third kappa shape index (κ3) is 5.18. The number of rotatable bonds is 6. The van der Waals surface area contributed by atoms with Gasteiger partial charge in [-0.2, -0.15) is 0 Å². The third-order valence-corrected chi connectivity index (χ3v) is 5.31. The van der Waals surface area contributed by atoms with Crippen molar-refractivity contribution in [2.45, 2.75) is 19.1 Å². The number of nitrogen functional groups attached to an aromatic ring is 1. The first-order chi connectivity index (χ1) is 15.6. The van der Waals surface area contributed by atoms with E-state index in [1.807, 2.05) is 6.92 Å². The van der Waals surface area contributed by atoms with Crippen LogP contribution in [0.3, 0.4) is 0 Å². The number of benzene rings is 2. The number of aliphatic hydroxyl groups is 1. The van der Waals surface area contributed by atoms with Gasteiger partial charge in [0.15, 0.2) is 12.2 Å². The molecule has 1 aliphatic heterocycles. The summed E-state index contributed by atoms with van der Waals surface area (Å²) < 4.78 is 5.43. The molecule has 0 spiro atoms. The van der Waals surface area contributed by atoms with Gasteiger partial charge in [0.2, 0.25) is 0 Å². The molecule has 0 radical (unpaired) electrons. The van der Waals surface area contributed by atoms with Crippen molar-refractivity contribution >= 4 is 34.9 Å². The number of hydrogen-bond acceptors (Lipinski definition) is 6. The molecule has 3 rings (SSSR count). The van der Waals surface area contributed by atoms with E-state index in [0.29, 0.717) is 22.5 Å². The number of anilines is 2. The van der Waals surface area contributed by atoms with Gasteiger partial charge in [-0.25, -0.2) is 0 Å². The second-order valence-corrected chi connectivity index (χ2v) is 7.91. The van der Waals surface area contributed by atoms with Crippen LogP contribution in [0.1, 0.15) is 21.5 Å². The average molecular weight is 453 g/mol. The number of hydrogen-bond donors (Lipinski definition) is 4. The van der Waals surface area contributed by atoms with Crippen molar-refractivity contribution in [2.24, 2.45) is 5.73 Å². The quantitative estimate of drug-likeness (QED) is 0.374. The van der Waals surface area contributed by atoms with E-state index in [9.17, 15) is 19.5 Å². The molecule has 10 heteroatoms. The molecule has 3 amide bonds. The highest BCUT2D eigenvalue weighted by molar-refractivity contribution is 6.05. The fourth-order valence-corrected chi connectivity index (χ4v) is 3.42. The summed E-state index contributed by atoms with van der Waals surface area (Å²) >= 11 is 0. The van der Waals surface area contributed by atoms with E-state index in [1.54, 1.807) is 44.4 Å². The van der Waals surface area contributed by atoms with Crippen LogP contribution in [-0.4, -0.2) is 73.0 Å². The standard InChI is InChI=1S/C23H27N5O5/c1-13-4-9-16(12-17(13)22(31)27(2)3)28-10-11-33-19(23(28)32)18(29)21(30)26-15-7-5-14(6-8-15)20(24)25/h4-9,12,18-19,29H,10-11H2,1-3H3,(H3,24,25)(H,26,30). The lowest BCUT2D eigenvalue weighted by Crippen LogP contribution is -2.55. The van der Waals surface area contributed by atoms with E-state index in [4.69, 9.17) is 15.9 Å². The maximum absolute atomic E-state index is 13.1. The first kappa shape index (κ1) is 23.9. The highest BCUT2D eigenvalue weighted by Gasteiger charge is 2.39. The molecule has 0 bridgehead atoms. The number of ether oxygens (including phenoxy) is 1. The Labute approximate surface area is 191 Å². The molecule has 10 nitrogen and oxygen atoms in total. The highest BCUT2D eigenvalue weighted by Crippen LogP contribution is 2.24. The number of aliphatic hydroxyl groups excluding tert-OH is 1. The number of morpholine rings is 1. The molecule has 2 aromatic rings. The molecule has 1 saturated heterocycles. The van der Waals surface area contributed by atoms with Crippen molar-refractivity contribution in [2.75, 3.05) is 37.5 Å². The van der Waals surface area contributed by atoms with Gasteiger partial charge in [-0.05, 0) is 48.9 Å². The number of nitrogens with two attached hydrogens (primary N) is 1. The maximum Gasteiger partial charge on any atom is 0.259 e. The minimum atomic E-state index is -1.75. The molecular formula is C23H27N5O5. The molecule has 5 N–H and O–H groups in total. The minimum Gasteiger partial charge on any atom is -0.384 e. The Kier molecular flexibility index (Phi) is 7.10. The first-order valence-corrected chi connectivity index (χ1v) is 10.3. The smallest absolute Gasteiger partial charge is 0.259 e. The summed E-state index contributed by atoms with van der Waals surface area (Å²) in [4.78, 5) is 40.9. The number of aryl methyl sites for hydroxylation is 1. The zero-order valence-electron chi connectivity index (χ0n) is 18.7. The second kappa shape index (κ2) is 9.80. The summed E-state index contributed by atoms with van der Waals surface area (Å²) in [6.07, 6.45) is -3.15. The first-order valence-electron chi connectivity index (χ1n) is 10.3. The number of nitrogens with one attached hydrogen (secondary N) is 2. The van der Waals surface area contributed by atoms with Crippen LogP contribution in [-0.2, 0) is 14.3 Å². The molecule has 1 fully saturated rings. The third-order valence-electron chi connectivity index (χ3n) is 5.31. The summed E-state index contributed by atoms with van der Waals surface area (Å²) in [5.74, 6) is -1.69. The van der Waals surface area contributed by atoms with Crippen LogP contribution < -0.4 is 16.0 Å². The average Bonchev–Trinajstić information content (AvgIpc) is 2.79. The lowest BCUT2D eigenvalue weighted by atomic mass is 10.0. The number of carbonyl (C=O) groups excluding carboxylic acids is 3. The minimum absolute atomic E-state index is 0.110. The normalized spacial score (nSPS) is 16.8. The second-order valence-electron chi connectivity index (χ2n) is 7.91. The van der Waals surface area contributed by atoms with Crippen molar-refractivity contribution in [1.82, 2.24) is 4.90 Å². The SMILES string of the molecule is Cc1ccc(N2CCOC(C(O)C(=O)Nc3ccc(C(=N)N)cc3)C2=O)cc1C(=O)N(C)C. The van der Waals surface area contributed by atoms with Crippen molar-refractivity contribution in [1.29, 1.82) is 5.41 Å². The van der Waals surface area contributed by atoms with E-state index in [2.05, 4.69) is 5.32 Å². The predicted molar refractivity (Wildman–Crippen MR) is 123 cm³/mol. The summed E-state index contributed by atoms with van der Waals surface area (Å²) in [6, 6.07) is 11.3. The van der Waals surface area contributed by atoms with E-state index in [0.717, 1.165) is 5.56 Å². The van der Waals surface area contributed by atoms with Gasteiger partial charge in [0.05, 0.1) is 6.61 Å². The van der Waals surface area contributed by atoms with Gasteiger partial charge in [-0.15, -0.1) is 0 Å². The molecule has 1 aliphatic rings. The van der Waals surface area contributed by atoms with Crippen LogP contribution in [0.25, 0.3) is 0 Å². The van der Waals surface area contributed by atoms with Crippen molar-refractivity contribution in [3.8, 4) is 0 Å². The lowest BCUT2D eigenvalue weighted by molar-refractivity contribution is -0.150. The van der Waals surface area contributed by atoms with Crippen molar-refractivity contribution in [3.05, 3.63) is 59.2 Å². The topological polar surface area (TPSA) is 149 Å². The fourth-order valence-electron chi connectivity index (χ4n) is 3.42. The van der Waals surface area contributed by atoms with Gasteiger partial charge in [-0.3, -0.25) is 19.8 Å². The Morgan fingerprint density at radius 3 is 2.52 bits per heavy atom. The molecule has 174 valence electrons. The van der Waals surface area contributed by atoms with Crippen LogP contribution in [0.4, 0.5) is 11.4 Å².